The fourth-order valence-electron chi connectivity index (χ4n) is 2.04. The van der Waals surface area contributed by atoms with Crippen LogP contribution in [0.2, 0.25) is 5.02 Å². The first-order chi connectivity index (χ1) is 9.91. The highest BCUT2D eigenvalue weighted by molar-refractivity contribution is 6.31. The molecule has 0 spiro atoms. The van der Waals surface area contributed by atoms with Crippen molar-refractivity contribution >= 4 is 23.8 Å². The Balaban J connectivity index is 2.45. The van der Waals surface area contributed by atoms with Crippen molar-refractivity contribution in [1.82, 2.24) is 4.98 Å². The summed E-state index contributed by atoms with van der Waals surface area (Å²) < 4.78 is 14.1. The fourth-order valence-corrected chi connectivity index (χ4v) is 2.23. The molecule has 2 aromatic rings. The minimum absolute atomic E-state index is 0.0659. The van der Waals surface area contributed by atoms with Gasteiger partial charge in [-0.25, -0.2) is 4.39 Å². The zero-order chi connectivity index (χ0) is 15.6. The van der Waals surface area contributed by atoms with E-state index >= 15 is 0 Å². The van der Waals surface area contributed by atoms with Crippen LogP contribution in [0.25, 0.3) is 12.2 Å². The first kappa shape index (κ1) is 15.3. The van der Waals surface area contributed by atoms with Crippen molar-refractivity contribution < 1.29 is 14.6 Å². The maximum atomic E-state index is 14.1. The van der Waals surface area contributed by atoms with E-state index in [0.717, 1.165) is 0 Å². The molecule has 0 aliphatic rings. The second-order valence-corrected chi connectivity index (χ2v) is 5.33. The van der Waals surface area contributed by atoms with Crippen LogP contribution in [0, 0.1) is 5.82 Å². The first-order valence-electron chi connectivity index (χ1n) is 6.44. The van der Waals surface area contributed by atoms with Gasteiger partial charge in [0.05, 0.1) is 10.7 Å². The van der Waals surface area contributed by atoms with Gasteiger partial charge in [0.1, 0.15) is 5.75 Å². The molecule has 0 aliphatic carbocycles. The predicted molar refractivity (Wildman–Crippen MR) is 82.0 cm³/mol. The third kappa shape index (κ3) is 3.16. The maximum absolute atomic E-state index is 14.1. The van der Waals surface area contributed by atoms with Crippen LogP contribution < -0.4 is 0 Å². The van der Waals surface area contributed by atoms with E-state index in [2.05, 4.69) is 4.98 Å². The molecule has 0 fully saturated rings. The van der Waals surface area contributed by atoms with Gasteiger partial charge in [0, 0.05) is 17.3 Å². The Morgan fingerprint density at radius 3 is 2.62 bits per heavy atom. The molecule has 0 atom stereocenters. The average molecular weight is 308 g/mol. The Labute approximate surface area is 127 Å². The number of nitrogens with zero attached hydrogens (tertiary/aromatic N) is 1. The molecule has 3 nitrogen and oxygen atoms in total. The zero-order valence-corrected chi connectivity index (χ0v) is 12.4. The molecule has 0 unspecified atom stereocenters. The molecule has 1 aromatic carbocycles. The largest absolute Gasteiger partial charge is 0.507 e. The molecular formula is C16H15ClFNO2. The normalized spacial score (nSPS) is 11.5. The smallest absolute Gasteiger partial charge is 0.172 e. The predicted octanol–water partition coefficient (Wildman–Crippen LogP) is 4.58. The van der Waals surface area contributed by atoms with Crippen LogP contribution in [0.5, 0.6) is 11.5 Å². The molecule has 0 amide bonds. The van der Waals surface area contributed by atoms with Crippen molar-refractivity contribution in [2.75, 3.05) is 0 Å². The van der Waals surface area contributed by atoms with Gasteiger partial charge in [0.15, 0.2) is 11.6 Å². The van der Waals surface area contributed by atoms with Crippen molar-refractivity contribution in [2.24, 2.45) is 0 Å². The van der Waals surface area contributed by atoms with Gasteiger partial charge < -0.3 is 10.2 Å². The third-order valence-corrected chi connectivity index (χ3v) is 3.39. The number of aromatic hydroxyl groups is 2. The second kappa shape index (κ2) is 6.14. The number of phenolic OH excluding ortho intramolecular Hbond substituents is 2. The topological polar surface area (TPSA) is 53.4 Å². The fraction of sp³-hybridized carbons (Fsp3) is 0.188. The molecule has 0 saturated heterocycles. The lowest BCUT2D eigenvalue weighted by atomic mass is 9.98. The van der Waals surface area contributed by atoms with Crippen LogP contribution in [-0.2, 0) is 0 Å². The lowest BCUT2D eigenvalue weighted by Gasteiger charge is -2.13. The van der Waals surface area contributed by atoms with Crippen LogP contribution in [0.3, 0.4) is 0 Å². The summed E-state index contributed by atoms with van der Waals surface area (Å²) in [4.78, 5) is 4.05. The standard InChI is InChI=1S/C16H15ClFNO2/c1-9(2)14-13(20)8-10(15(18)16(14)21)5-6-12-11(17)4-3-7-19-12/h3-9,20-21H,1-2H3. The lowest BCUT2D eigenvalue weighted by molar-refractivity contribution is 0.404. The molecule has 2 rings (SSSR count). The number of halogens is 2. The SMILES string of the molecule is CC(C)c1c(O)cc(C=Cc2ncccc2Cl)c(F)c1O. The monoisotopic (exact) mass is 307 g/mol. The highest BCUT2D eigenvalue weighted by Gasteiger charge is 2.18. The molecule has 0 saturated carbocycles. The minimum Gasteiger partial charge on any atom is -0.507 e. The number of rotatable bonds is 3. The number of hydrogen-bond donors (Lipinski definition) is 2. The Bertz CT molecular complexity index is 699. The second-order valence-electron chi connectivity index (χ2n) is 4.92. The van der Waals surface area contributed by atoms with Crippen LogP contribution in [-0.4, -0.2) is 15.2 Å². The zero-order valence-electron chi connectivity index (χ0n) is 11.6. The summed E-state index contributed by atoms with van der Waals surface area (Å²) in [6, 6.07) is 4.63. The summed E-state index contributed by atoms with van der Waals surface area (Å²) >= 11 is 5.95. The maximum Gasteiger partial charge on any atom is 0.172 e. The highest BCUT2D eigenvalue weighted by atomic mass is 35.5. The Hall–Kier alpha value is -2.07. The van der Waals surface area contributed by atoms with Crippen LogP contribution >= 0.6 is 11.6 Å². The molecule has 5 heteroatoms. The van der Waals surface area contributed by atoms with Gasteiger partial charge in [-0.3, -0.25) is 4.98 Å². The van der Waals surface area contributed by atoms with E-state index in [-0.39, 0.29) is 22.8 Å². The third-order valence-electron chi connectivity index (χ3n) is 3.07. The minimum atomic E-state index is -0.778. The van der Waals surface area contributed by atoms with Crippen molar-refractivity contribution in [1.29, 1.82) is 0 Å². The highest BCUT2D eigenvalue weighted by Crippen LogP contribution is 2.38. The summed E-state index contributed by atoms with van der Waals surface area (Å²) in [5.41, 5.74) is 0.738. The van der Waals surface area contributed by atoms with Gasteiger partial charge >= 0.3 is 0 Å². The van der Waals surface area contributed by atoms with Crippen molar-refractivity contribution in [3.8, 4) is 11.5 Å². The van der Waals surface area contributed by atoms with Gasteiger partial charge in [0.2, 0.25) is 0 Å². The summed E-state index contributed by atoms with van der Waals surface area (Å²) in [5.74, 6) is -1.64. The number of aromatic nitrogens is 1. The van der Waals surface area contributed by atoms with Gasteiger partial charge in [0.25, 0.3) is 0 Å². The van der Waals surface area contributed by atoms with E-state index in [9.17, 15) is 14.6 Å². The summed E-state index contributed by atoms with van der Waals surface area (Å²) in [5, 5.41) is 20.2. The van der Waals surface area contributed by atoms with E-state index in [1.54, 1.807) is 32.2 Å². The van der Waals surface area contributed by atoms with Gasteiger partial charge in [-0.1, -0.05) is 25.4 Å². The van der Waals surface area contributed by atoms with Gasteiger partial charge in [-0.15, -0.1) is 0 Å². The van der Waals surface area contributed by atoms with Crippen LogP contribution in [0.15, 0.2) is 24.4 Å². The molecule has 21 heavy (non-hydrogen) atoms. The summed E-state index contributed by atoms with van der Waals surface area (Å²) in [6.45, 7) is 3.52. The summed E-state index contributed by atoms with van der Waals surface area (Å²) in [7, 11) is 0. The van der Waals surface area contributed by atoms with Crippen molar-refractivity contribution in [3.63, 3.8) is 0 Å². The molecule has 0 radical (unpaired) electrons. The van der Waals surface area contributed by atoms with Crippen LogP contribution in [0.1, 0.15) is 36.6 Å². The summed E-state index contributed by atoms with van der Waals surface area (Å²) in [6.07, 6.45) is 4.50. The van der Waals surface area contributed by atoms with E-state index in [4.69, 9.17) is 11.6 Å². The molecule has 0 bridgehead atoms. The quantitative estimate of drug-likeness (QED) is 0.872. The Kier molecular flexibility index (Phi) is 4.48. The average Bonchev–Trinajstić information content (AvgIpc) is 2.42. The molecular weight excluding hydrogens is 293 g/mol. The first-order valence-corrected chi connectivity index (χ1v) is 6.82. The molecule has 0 aliphatic heterocycles. The Morgan fingerprint density at radius 1 is 1.29 bits per heavy atom. The number of benzene rings is 1. The van der Waals surface area contributed by atoms with E-state index in [1.807, 2.05) is 0 Å². The molecule has 1 aromatic heterocycles. The van der Waals surface area contributed by atoms with E-state index in [1.165, 1.54) is 18.2 Å². The van der Waals surface area contributed by atoms with E-state index < -0.39 is 11.6 Å². The number of phenols is 2. The number of pyridine rings is 1. The van der Waals surface area contributed by atoms with Gasteiger partial charge in [-0.2, -0.15) is 0 Å². The molecule has 2 N–H and O–H groups in total. The Morgan fingerprint density at radius 2 is 2.00 bits per heavy atom. The van der Waals surface area contributed by atoms with Crippen LogP contribution in [0.4, 0.5) is 4.39 Å². The van der Waals surface area contributed by atoms with E-state index in [0.29, 0.717) is 10.7 Å². The number of hydrogen-bond acceptors (Lipinski definition) is 3. The lowest BCUT2D eigenvalue weighted by Crippen LogP contribution is -1.94. The van der Waals surface area contributed by atoms with Crippen molar-refractivity contribution in [3.05, 3.63) is 52.1 Å². The molecule has 110 valence electrons. The molecule has 1 heterocycles. The van der Waals surface area contributed by atoms with Gasteiger partial charge in [-0.05, 0) is 36.3 Å². The van der Waals surface area contributed by atoms with Crippen molar-refractivity contribution in [2.45, 2.75) is 19.8 Å².